The summed E-state index contributed by atoms with van der Waals surface area (Å²) in [6.07, 6.45) is 0. The Bertz CT molecular complexity index is 2800. The zero-order valence-electron chi connectivity index (χ0n) is 39.4. The van der Waals surface area contributed by atoms with E-state index in [0.717, 1.165) is 66.8 Å². The number of phenolic OH excluding ortho intramolecular Hbond substituents is 8. The molecule has 68 heavy (non-hydrogen) atoms. The molecule has 0 unspecified atom stereocenters. The van der Waals surface area contributed by atoms with E-state index in [1.54, 1.807) is 24.3 Å². The molecule has 8 heteroatoms. The molecule has 0 atom stereocenters. The number of hydrogen-bond acceptors (Lipinski definition) is 8. The van der Waals surface area contributed by atoms with Gasteiger partial charge in [0.25, 0.3) is 0 Å². The van der Waals surface area contributed by atoms with Crippen molar-refractivity contribution in [3.05, 3.63) is 233 Å². The van der Waals surface area contributed by atoms with Gasteiger partial charge < -0.3 is 40.9 Å². The maximum Gasteiger partial charge on any atom is 0.123 e. The molecule has 1 aliphatic carbocycles. The highest BCUT2D eigenvalue weighted by Gasteiger charge is 2.36. The summed E-state index contributed by atoms with van der Waals surface area (Å²) in [7, 11) is 0. The van der Waals surface area contributed by atoms with E-state index >= 15 is 0 Å². The summed E-state index contributed by atoms with van der Waals surface area (Å²) in [5.41, 5.74) is 12.8. The highest BCUT2D eigenvalue weighted by Crippen LogP contribution is 2.54. The number of aryl methyl sites for hydroxylation is 8. The van der Waals surface area contributed by atoms with Crippen LogP contribution < -0.4 is 0 Å². The van der Waals surface area contributed by atoms with E-state index in [-0.39, 0.29) is 46.0 Å². The smallest absolute Gasteiger partial charge is 0.123 e. The molecule has 0 fully saturated rings. The van der Waals surface area contributed by atoms with Gasteiger partial charge in [0.1, 0.15) is 46.0 Å². The molecule has 0 spiro atoms. The van der Waals surface area contributed by atoms with Crippen LogP contribution in [-0.2, 0) is 0 Å². The van der Waals surface area contributed by atoms with Crippen molar-refractivity contribution < 1.29 is 40.9 Å². The van der Waals surface area contributed by atoms with E-state index in [2.05, 4.69) is 0 Å². The molecule has 0 saturated carbocycles. The van der Waals surface area contributed by atoms with E-state index in [4.69, 9.17) is 0 Å². The Balaban J connectivity index is 1.51. The van der Waals surface area contributed by atoms with Crippen LogP contribution in [0.1, 0.15) is 135 Å². The monoisotopic (exact) mass is 904 g/mol. The van der Waals surface area contributed by atoms with Gasteiger partial charge in [0.15, 0.2) is 0 Å². The van der Waals surface area contributed by atoms with Gasteiger partial charge in [-0.3, -0.25) is 0 Å². The fourth-order valence-electron chi connectivity index (χ4n) is 10.9. The number of fused-ring (bicyclic) bond motifs is 8. The van der Waals surface area contributed by atoms with Crippen LogP contribution >= 0.6 is 0 Å². The predicted molar refractivity (Wildman–Crippen MR) is 267 cm³/mol. The lowest BCUT2D eigenvalue weighted by Gasteiger charge is -2.31. The van der Waals surface area contributed by atoms with Gasteiger partial charge in [-0.25, -0.2) is 0 Å². The minimum Gasteiger partial charge on any atom is -0.507 e. The Labute approximate surface area is 397 Å². The SMILES string of the molecule is Cc1ccc(C2c3cc(c(O)cc3O)C(c3ccc(C)cc3C)c3cc(c(O)cc3O)C(c3ccc(C)cc3C)c3cc(c(O)cc3O)C(c3ccc(C)cc3C)c3cc2c(O)cc3O)c(C)c1. The van der Waals surface area contributed by atoms with Crippen molar-refractivity contribution in [2.45, 2.75) is 79.1 Å². The molecule has 0 aliphatic heterocycles. The third kappa shape index (κ3) is 7.79. The van der Waals surface area contributed by atoms with Crippen LogP contribution in [0.15, 0.2) is 121 Å². The second-order valence-electron chi connectivity index (χ2n) is 19.1. The van der Waals surface area contributed by atoms with E-state index in [1.165, 1.54) is 24.3 Å². The van der Waals surface area contributed by atoms with E-state index in [1.807, 2.05) is 128 Å². The predicted octanol–water partition coefficient (Wildman–Crippen LogP) is 12.8. The zero-order chi connectivity index (χ0) is 48.6. The second-order valence-corrected chi connectivity index (χ2v) is 19.1. The molecule has 8 aromatic carbocycles. The van der Waals surface area contributed by atoms with Gasteiger partial charge in [0.2, 0.25) is 0 Å². The van der Waals surface area contributed by atoms with E-state index in [0.29, 0.717) is 44.5 Å². The van der Waals surface area contributed by atoms with Crippen molar-refractivity contribution in [3.63, 3.8) is 0 Å². The summed E-state index contributed by atoms with van der Waals surface area (Å²) >= 11 is 0. The van der Waals surface area contributed by atoms with Crippen LogP contribution in [0.25, 0.3) is 0 Å². The largest absolute Gasteiger partial charge is 0.507 e. The van der Waals surface area contributed by atoms with Crippen molar-refractivity contribution >= 4 is 0 Å². The quantitative estimate of drug-likeness (QED) is 0.0866. The number of hydrogen-bond donors (Lipinski definition) is 8. The Morgan fingerprint density at radius 2 is 0.368 bits per heavy atom. The first-order valence-electron chi connectivity index (χ1n) is 22.8. The Morgan fingerprint density at radius 3 is 0.515 bits per heavy atom. The number of benzene rings is 8. The third-order valence-electron chi connectivity index (χ3n) is 14.1. The summed E-state index contributed by atoms with van der Waals surface area (Å²) in [6, 6.07) is 35.6. The molecule has 0 heterocycles. The molecular weight excluding hydrogens is 849 g/mol. The fourth-order valence-corrected chi connectivity index (χ4v) is 10.9. The van der Waals surface area contributed by atoms with Crippen molar-refractivity contribution in [2.24, 2.45) is 0 Å². The van der Waals surface area contributed by atoms with Crippen LogP contribution in [0.4, 0.5) is 0 Å². The first kappa shape index (κ1) is 45.3. The number of rotatable bonds is 4. The molecule has 1 aliphatic rings. The van der Waals surface area contributed by atoms with Crippen molar-refractivity contribution in [1.29, 1.82) is 0 Å². The van der Waals surface area contributed by atoms with E-state index < -0.39 is 23.7 Å². The standard InChI is InChI=1S/C60H56O8/c1-29-9-13-37(33(5)17-29)57-41-21-43(51(63)25-49(41)61)58(38-14-10-30(2)18-34(38)6)45-23-47(55(67)27-53(45)65)60(40-16-12-32(4)20-36(40)8)48-24-46(54(66)28-56(48)68)59(39-15-11-31(3)19-35(39)7)44-22-42(57)50(62)26-52(44)64/h9-28,57-68H,1-8H3. The Hall–Kier alpha value is -7.84. The van der Waals surface area contributed by atoms with Gasteiger partial charge >= 0.3 is 0 Å². The van der Waals surface area contributed by atoms with E-state index in [9.17, 15) is 40.9 Å². The summed E-state index contributed by atoms with van der Waals surface area (Å²) < 4.78 is 0. The lowest BCUT2D eigenvalue weighted by Crippen LogP contribution is -2.14. The molecule has 9 rings (SSSR count). The van der Waals surface area contributed by atoms with Crippen molar-refractivity contribution in [3.8, 4) is 46.0 Å². The summed E-state index contributed by atoms with van der Waals surface area (Å²) in [4.78, 5) is 0. The van der Waals surface area contributed by atoms with Gasteiger partial charge in [-0.2, -0.15) is 0 Å². The van der Waals surface area contributed by atoms with Crippen molar-refractivity contribution in [2.75, 3.05) is 0 Å². The maximum absolute atomic E-state index is 12.2. The van der Waals surface area contributed by atoms with Crippen LogP contribution in [-0.4, -0.2) is 40.9 Å². The van der Waals surface area contributed by atoms with Crippen LogP contribution in [0.5, 0.6) is 46.0 Å². The highest BCUT2D eigenvalue weighted by atomic mass is 16.3. The highest BCUT2D eigenvalue weighted by molar-refractivity contribution is 5.68. The maximum atomic E-state index is 12.2. The summed E-state index contributed by atoms with van der Waals surface area (Å²) in [5, 5.41) is 97.5. The minimum absolute atomic E-state index is 0.261. The molecule has 0 aromatic heterocycles. The molecule has 8 bridgehead atoms. The average molecular weight is 905 g/mol. The molecule has 8 nitrogen and oxygen atoms in total. The Morgan fingerprint density at radius 1 is 0.206 bits per heavy atom. The number of aromatic hydroxyl groups is 8. The second kappa shape index (κ2) is 17.1. The summed E-state index contributed by atoms with van der Waals surface area (Å²) in [5.74, 6) is -5.74. The molecular formula is C60H56O8. The average Bonchev–Trinajstić information content (AvgIpc) is 3.25. The molecule has 344 valence electrons. The molecule has 0 radical (unpaired) electrons. The van der Waals surface area contributed by atoms with Crippen molar-refractivity contribution in [1.82, 2.24) is 0 Å². The topological polar surface area (TPSA) is 162 Å². The van der Waals surface area contributed by atoms with Crippen LogP contribution in [0.2, 0.25) is 0 Å². The molecule has 8 N–H and O–H groups in total. The number of phenols is 8. The Kier molecular flexibility index (Phi) is 11.4. The fraction of sp³-hybridized carbons (Fsp3) is 0.200. The van der Waals surface area contributed by atoms with Crippen LogP contribution in [0, 0.1) is 55.4 Å². The molecule has 8 aromatic rings. The normalized spacial score (nSPS) is 16.7. The first-order chi connectivity index (χ1) is 32.3. The first-order valence-corrected chi connectivity index (χ1v) is 22.8. The third-order valence-corrected chi connectivity index (χ3v) is 14.1. The van der Waals surface area contributed by atoms with Gasteiger partial charge in [-0.15, -0.1) is 0 Å². The van der Waals surface area contributed by atoms with Crippen LogP contribution in [0.3, 0.4) is 0 Å². The van der Waals surface area contributed by atoms with Gasteiger partial charge in [0.05, 0.1) is 0 Å². The lowest BCUT2D eigenvalue weighted by atomic mass is 9.73. The summed E-state index contributed by atoms with van der Waals surface area (Å²) in [6.45, 7) is 15.7. The van der Waals surface area contributed by atoms with Gasteiger partial charge in [0, 0.05) is 92.4 Å². The van der Waals surface area contributed by atoms with Gasteiger partial charge in [-0.1, -0.05) is 95.1 Å². The molecule has 0 amide bonds. The molecule has 0 saturated heterocycles. The zero-order valence-corrected chi connectivity index (χ0v) is 39.4. The van der Waals surface area contributed by atoms with Gasteiger partial charge in [-0.05, 0) is 124 Å². The lowest BCUT2D eigenvalue weighted by molar-refractivity contribution is 0.431. The minimum atomic E-state index is -0.913.